The van der Waals surface area contributed by atoms with Crippen molar-refractivity contribution in [1.82, 2.24) is 4.98 Å². The Labute approximate surface area is 157 Å². The quantitative estimate of drug-likeness (QED) is 0.348. The van der Waals surface area contributed by atoms with Crippen LogP contribution in [0.5, 0.6) is 0 Å². The van der Waals surface area contributed by atoms with E-state index in [1.165, 1.54) is 17.7 Å². The number of halogens is 2. The van der Waals surface area contributed by atoms with Gasteiger partial charge in [0.1, 0.15) is 22.8 Å². The maximum absolute atomic E-state index is 15.1. The highest BCUT2D eigenvalue weighted by Gasteiger charge is 2.30. The van der Waals surface area contributed by atoms with Gasteiger partial charge in [-0.1, -0.05) is 18.2 Å². The fourth-order valence-corrected chi connectivity index (χ4v) is 4.57. The van der Waals surface area contributed by atoms with Gasteiger partial charge in [-0.05, 0) is 28.9 Å². The van der Waals surface area contributed by atoms with E-state index in [9.17, 15) is 9.65 Å². The molecule has 27 heavy (non-hydrogen) atoms. The highest BCUT2D eigenvalue weighted by atomic mass is 32.1. The van der Waals surface area contributed by atoms with Crippen molar-refractivity contribution in [2.45, 2.75) is 6.92 Å². The van der Waals surface area contributed by atoms with E-state index in [2.05, 4.69) is 9.83 Å². The van der Waals surface area contributed by atoms with Crippen molar-refractivity contribution in [2.75, 3.05) is 0 Å². The summed E-state index contributed by atoms with van der Waals surface area (Å²) in [7, 11) is 1.71. The van der Waals surface area contributed by atoms with Crippen LogP contribution in [0.25, 0.3) is 36.4 Å². The van der Waals surface area contributed by atoms with Crippen LogP contribution in [0, 0.1) is 36.5 Å². The molecule has 2 aromatic heterocycles. The molecule has 4 rings (SSSR count). The summed E-state index contributed by atoms with van der Waals surface area (Å²) >= 11 is 1.48. The molecule has 0 spiro atoms. The van der Waals surface area contributed by atoms with Gasteiger partial charge in [-0.25, -0.2) is 18.2 Å². The number of hydrogen-bond donors (Lipinski definition) is 0. The van der Waals surface area contributed by atoms with E-state index >= 15 is 4.39 Å². The van der Waals surface area contributed by atoms with Crippen LogP contribution in [0.2, 0.25) is 0 Å². The number of rotatable bonds is 1. The molecular weight excluding hydrogens is 366 g/mol. The van der Waals surface area contributed by atoms with E-state index < -0.39 is 22.9 Å². The topological polar surface area (TPSA) is 44.9 Å². The molecule has 0 amide bonds. The zero-order chi connectivity index (χ0) is 19.3. The summed E-state index contributed by atoms with van der Waals surface area (Å²) in [4.78, 5) is 7.84. The Morgan fingerprint density at radius 1 is 1.26 bits per heavy atom. The van der Waals surface area contributed by atoms with Crippen molar-refractivity contribution >= 4 is 38.0 Å². The average molecular weight is 377 g/mol. The second-order valence-corrected chi connectivity index (χ2v) is 7.11. The third kappa shape index (κ3) is 2.29. The molecule has 0 N–H and O–H groups in total. The lowest BCUT2D eigenvalue weighted by Gasteiger charge is -2.08. The predicted molar refractivity (Wildman–Crippen MR) is 99.4 cm³/mol. The normalized spacial score (nSPS) is 10.9. The molecule has 4 aromatic rings. The zero-order valence-electron chi connectivity index (χ0n) is 14.3. The third-order valence-corrected chi connectivity index (χ3v) is 5.84. The van der Waals surface area contributed by atoms with Gasteiger partial charge >= 0.3 is 0 Å². The van der Waals surface area contributed by atoms with E-state index in [0.29, 0.717) is 5.69 Å². The Morgan fingerprint density at radius 2 is 2.00 bits per heavy atom. The highest BCUT2D eigenvalue weighted by molar-refractivity contribution is 7.22. The smallest absolute Gasteiger partial charge is 0.232 e. The Hall–Kier alpha value is -3.42. The number of nitrogens with zero attached hydrogens (tertiary/aromatic N) is 4. The van der Waals surface area contributed by atoms with Crippen LogP contribution < -0.4 is 4.57 Å². The Morgan fingerprint density at radius 3 is 2.67 bits per heavy atom. The first-order valence-corrected chi connectivity index (χ1v) is 8.76. The van der Waals surface area contributed by atoms with Crippen LogP contribution >= 0.6 is 11.3 Å². The predicted octanol–water partition coefficient (Wildman–Crippen LogP) is 4.95. The van der Waals surface area contributed by atoms with Crippen molar-refractivity contribution in [3.8, 4) is 16.6 Å². The fourth-order valence-electron chi connectivity index (χ4n) is 3.26. The minimum absolute atomic E-state index is 0.0152. The Bertz CT molecular complexity index is 1340. The summed E-state index contributed by atoms with van der Waals surface area (Å²) in [5.41, 5.74) is 0.137. The van der Waals surface area contributed by atoms with Crippen LogP contribution in [-0.2, 0) is 7.05 Å². The number of nitriles is 1. The highest BCUT2D eigenvalue weighted by Crippen LogP contribution is 2.42. The summed E-state index contributed by atoms with van der Waals surface area (Å²) in [6.07, 6.45) is 1.43. The molecule has 0 saturated heterocycles. The third-order valence-electron chi connectivity index (χ3n) is 4.56. The second kappa shape index (κ2) is 6.08. The average Bonchev–Trinajstić information content (AvgIpc) is 2.99. The van der Waals surface area contributed by atoms with Gasteiger partial charge in [0.05, 0.1) is 18.5 Å². The Balaban J connectivity index is 2.25. The molecule has 0 atom stereocenters. The molecule has 2 aromatic carbocycles. The molecule has 0 aliphatic rings. The van der Waals surface area contributed by atoms with Gasteiger partial charge in [0.15, 0.2) is 11.5 Å². The molecule has 2 heterocycles. The molecule has 0 bridgehead atoms. The van der Waals surface area contributed by atoms with Gasteiger partial charge in [0.25, 0.3) is 12.0 Å². The standard InChI is InChI=1S/C20H11F2N4S/c1-10-11-6-4-5-7-13(11)27-20(10)19-14-16(22)18(24-2)15(21)12(8-23)17(14)25-9-26(19)3/h4-7,9H,1,3H3/q+1. The summed E-state index contributed by atoms with van der Waals surface area (Å²) in [5.74, 6) is -2.16. The summed E-state index contributed by atoms with van der Waals surface area (Å²) < 4.78 is 32.2. The summed E-state index contributed by atoms with van der Waals surface area (Å²) in [6.45, 7) is 9.08. The van der Waals surface area contributed by atoms with Gasteiger partial charge in [-0.3, -0.25) is 0 Å². The lowest BCUT2D eigenvalue weighted by atomic mass is 10.0. The van der Waals surface area contributed by atoms with E-state index in [-0.39, 0.29) is 10.9 Å². The first kappa shape index (κ1) is 17.0. The number of fused-ring (bicyclic) bond motifs is 2. The molecule has 0 saturated carbocycles. The first-order chi connectivity index (χ1) is 13.0. The van der Waals surface area contributed by atoms with Gasteiger partial charge in [0, 0.05) is 4.70 Å². The minimum Gasteiger partial charge on any atom is -0.232 e. The maximum Gasteiger partial charge on any atom is 0.287 e. The van der Waals surface area contributed by atoms with E-state index in [4.69, 9.17) is 6.57 Å². The number of aromatic nitrogens is 2. The molecule has 0 aliphatic carbocycles. The maximum atomic E-state index is 15.1. The van der Waals surface area contributed by atoms with Gasteiger partial charge in [-0.15, -0.1) is 11.3 Å². The van der Waals surface area contributed by atoms with Crippen molar-refractivity contribution in [3.63, 3.8) is 0 Å². The second-order valence-electron chi connectivity index (χ2n) is 6.06. The van der Waals surface area contributed by atoms with Crippen LogP contribution in [0.1, 0.15) is 11.1 Å². The molecule has 7 heteroatoms. The lowest BCUT2D eigenvalue weighted by molar-refractivity contribution is -0.662. The lowest BCUT2D eigenvalue weighted by Crippen LogP contribution is -2.32. The van der Waals surface area contributed by atoms with E-state index in [1.54, 1.807) is 17.7 Å². The molecule has 0 unspecified atom stereocenters. The monoisotopic (exact) mass is 377 g/mol. The molecule has 130 valence electrons. The van der Waals surface area contributed by atoms with Crippen molar-refractivity contribution in [1.29, 1.82) is 5.26 Å². The van der Waals surface area contributed by atoms with Crippen LogP contribution in [0.4, 0.5) is 14.5 Å². The number of hydrogen-bond acceptors (Lipinski definition) is 3. The minimum atomic E-state index is -1.17. The molecule has 0 aliphatic heterocycles. The molecule has 0 fully saturated rings. The van der Waals surface area contributed by atoms with Gasteiger partial charge in [0.2, 0.25) is 5.52 Å². The van der Waals surface area contributed by atoms with Crippen LogP contribution in [0.15, 0.2) is 30.6 Å². The van der Waals surface area contributed by atoms with Crippen molar-refractivity contribution in [3.05, 3.63) is 64.8 Å². The molecule has 0 radical (unpaired) electrons. The van der Waals surface area contributed by atoms with E-state index in [0.717, 1.165) is 20.5 Å². The number of benzene rings is 2. The summed E-state index contributed by atoms with van der Waals surface area (Å²) in [6, 6.07) is 9.53. The van der Waals surface area contributed by atoms with Gasteiger partial charge in [-0.2, -0.15) is 5.26 Å². The Kier molecular flexibility index (Phi) is 3.83. The van der Waals surface area contributed by atoms with Crippen LogP contribution in [-0.4, -0.2) is 4.98 Å². The fraction of sp³-hybridized carbons (Fsp3) is 0.100. The number of thiophene rings is 1. The summed E-state index contributed by atoms with van der Waals surface area (Å²) in [5, 5.41) is 10.4. The molecular formula is C20H11F2N4S+. The molecule has 4 nitrogen and oxygen atoms in total. The SMILES string of the molecule is [C-]#[N+]c1c(F)c(C#N)c2nc[n+](C)c(-c3sc4ccccc4c3C)c2c1F. The zero-order valence-corrected chi connectivity index (χ0v) is 15.2. The van der Waals surface area contributed by atoms with Crippen molar-refractivity contribution < 1.29 is 13.3 Å². The first-order valence-electron chi connectivity index (χ1n) is 7.95. The van der Waals surface area contributed by atoms with Gasteiger partial charge < -0.3 is 0 Å². The van der Waals surface area contributed by atoms with Crippen molar-refractivity contribution in [2.24, 2.45) is 7.05 Å². The van der Waals surface area contributed by atoms with E-state index in [1.807, 2.05) is 31.2 Å². The number of aryl methyl sites for hydroxylation is 2. The van der Waals surface area contributed by atoms with Crippen LogP contribution in [0.3, 0.4) is 0 Å². The largest absolute Gasteiger partial charge is 0.287 e.